The maximum absolute atomic E-state index is 10.4. The number of hydrogen-bond donors (Lipinski definition) is 1. The van der Waals surface area contributed by atoms with Crippen LogP contribution in [-0.4, -0.2) is 19.1 Å². The van der Waals surface area contributed by atoms with Gasteiger partial charge in [0.1, 0.15) is 6.61 Å². The average molecular weight is 129 g/mol. The van der Waals surface area contributed by atoms with Crippen LogP contribution < -0.4 is 5.73 Å². The second kappa shape index (κ2) is 5.31. The molecule has 0 aliphatic carbocycles. The lowest BCUT2D eigenvalue weighted by molar-refractivity contribution is -0.137. The highest BCUT2D eigenvalue weighted by atomic mass is 16.5. The molecule has 0 aromatic carbocycles. The SMILES string of the molecule is CC=CC(=O)OCCN. The van der Waals surface area contributed by atoms with Crippen LogP contribution in [0.5, 0.6) is 0 Å². The van der Waals surface area contributed by atoms with Crippen molar-refractivity contribution < 1.29 is 9.53 Å². The van der Waals surface area contributed by atoms with Gasteiger partial charge in [0.25, 0.3) is 0 Å². The molecule has 0 saturated carbocycles. The van der Waals surface area contributed by atoms with E-state index in [1.807, 2.05) is 0 Å². The summed E-state index contributed by atoms with van der Waals surface area (Å²) in [5.74, 6) is -0.331. The zero-order chi connectivity index (χ0) is 7.11. The highest BCUT2D eigenvalue weighted by Crippen LogP contribution is 1.78. The molecule has 0 heterocycles. The predicted molar refractivity (Wildman–Crippen MR) is 34.8 cm³/mol. The fraction of sp³-hybridized carbons (Fsp3) is 0.500. The summed E-state index contributed by atoms with van der Waals surface area (Å²) in [5, 5.41) is 0. The van der Waals surface area contributed by atoms with Gasteiger partial charge in [-0.25, -0.2) is 4.79 Å². The van der Waals surface area contributed by atoms with E-state index < -0.39 is 0 Å². The van der Waals surface area contributed by atoms with Gasteiger partial charge in [-0.2, -0.15) is 0 Å². The average Bonchev–Trinajstić information content (AvgIpc) is 1.85. The third-order valence-corrected chi connectivity index (χ3v) is 0.665. The van der Waals surface area contributed by atoms with Crippen molar-refractivity contribution in [2.45, 2.75) is 6.92 Å². The van der Waals surface area contributed by atoms with Crippen LogP contribution in [0.1, 0.15) is 6.92 Å². The Bertz CT molecular complexity index is 110. The molecule has 0 rings (SSSR count). The minimum Gasteiger partial charge on any atom is -0.461 e. The Balaban J connectivity index is 3.27. The highest BCUT2D eigenvalue weighted by molar-refractivity contribution is 5.81. The number of nitrogens with two attached hydrogens (primary N) is 1. The normalized spacial score (nSPS) is 10.0. The van der Waals surface area contributed by atoms with Gasteiger partial charge in [-0.1, -0.05) is 6.08 Å². The van der Waals surface area contributed by atoms with Crippen LogP contribution in [0.25, 0.3) is 0 Å². The number of allylic oxidation sites excluding steroid dienone is 1. The van der Waals surface area contributed by atoms with Crippen molar-refractivity contribution in [3.63, 3.8) is 0 Å². The van der Waals surface area contributed by atoms with E-state index in [-0.39, 0.29) is 5.97 Å². The van der Waals surface area contributed by atoms with Crippen LogP contribution in [-0.2, 0) is 9.53 Å². The van der Waals surface area contributed by atoms with Gasteiger partial charge in [0.15, 0.2) is 0 Å². The number of carbonyl (C=O) groups is 1. The molecule has 0 fully saturated rings. The summed E-state index contributed by atoms with van der Waals surface area (Å²) in [6, 6.07) is 0. The quantitative estimate of drug-likeness (QED) is 0.433. The third kappa shape index (κ3) is 5.03. The summed E-state index contributed by atoms with van der Waals surface area (Å²) in [5.41, 5.74) is 5.07. The lowest BCUT2D eigenvalue weighted by Crippen LogP contribution is -2.11. The molecule has 0 bridgehead atoms. The zero-order valence-corrected chi connectivity index (χ0v) is 5.46. The summed E-state index contributed by atoms with van der Waals surface area (Å²) in [6.07, 6.45) is 2.98. The van der Waals surface area contributed by atoms with Crippen molar-refractivity contribution in [3.8, 4) is 0 Å². The molecular weight excluding hydrogens is 118 g/mol. The second-order valence-corrected chi connectivity index (χ2v) is 1.46. The van der Waals surface area contributed by atoms with Crippen molar-refractivity contribution in [1.29, 1.82) is 0 Å². The van der Waals surface area contributed by atoms with E-state index in [9.17, 15) is 4.79 Å². The molecule has 0 atom stereocenters. The molecule has 0 radical (unpaired) electrons. The summed E-state index contributed by atoms with van der Waals surface area (Å²) in [4.78, 5) is 10.4. The maximum atomic E-state index is 10.4. The molecule has 0 unspecified atom stereocenters. The fourth-order valence-corrected chi connectivity index (χ4v) is 0.344. The van der Waals surface area contributed by atoms with Crippen molar-refractivity contribution in [3.05, 3.63) is 12.2 Å². The molecule has 0 saturated heterocycles. The van der Waals surface area contributed by atoms with Crippen LogP contribution in [0.3, 0.4) is 0 Å². The first-order valence-corrected chi connectivity index (χ1v) is 2.80. The minimum absolute atomic E-state index is 0.295. The Morgan fingerprint density at radius 2 is 2.44 bits per heavy atom. The maximum Gasteiger partial charge on any atom is 0.330 e. The van der Waals surface area contributed by atoms with Gasteiger partial charge in [0.05, 0.1) is 0 Å². The van der Waals surface area contributed by atoms with Gasteiger partial charge in [-0.3, -0.25) is 0 Å². The smallest absolute Gasteiger partial charge is 0.330 e. The van der Waals surface area contributed by atoms with E-state index in [4.69, 9.17) is 5.73 Å². The minimum atomic E-state index is -0.331. The van der Waals surface area contributed by atoms with Gasteiger partial charge in [-0.05, 0) is 6.92 Å². The van der Waals surface area contributed by atoms with Crippen LogP contribution in [0, 0.1) is 0 Å². The molecule has 9 heavy (non-hydrogen) atoms. The van der Waals surface area contributed by atoms with Crippen molar-refractivity contribution in [2.75, 3.05) is 13.2 Å². The first kappa shape index (κ1) is 8.17. The van der Waals surface area contributed by atoms with Gasteiger partial charge in [0, 0.05) is 12.6 Å². The lowest BCUT2D eigenvalue weighted by Gasteiger charge is -1.95. The summed E-state index contributed by atoms with van der Waals surface area (Å²) in [7, 11) is 0. The molecule has 0 aliphatic heterocycles. The van der Waals surface area contributed by atoms with E-state index in [1.54, 1.807) is 13.0 Å². The molecule has 0 amide bonds. The summed E-state index contributed by atoms with van der Waals surface area (Å²) in [6.45, 7) is 2.43. The Morgan fingerprint density at radius 1 is 1.78 bits per heavy atom. The van der Waals surface area contributed by atoms with Crippen molar-refractivity contribution in [2.24, 2.45) is 5.73 Å². The number of carbonyl (C=O) groups excluding carboxylic acids is 1. The van der Waals surface area contributed by atoms with Crippen LogP contribution in [0.2, 0.25) is 0 Å². The molecule has 3 heteroatoms. The lowest BCUT2D eigenvalue weighted by atomic mass is 10.5. The first-order valence-electron chi connectivity index (χ1n) is 2.80. The number of esters is 1. The van der Waals surface area contributed by atoms with E-state index in [0.29, 0.717) is 13.2 Å². The van der Waals surface area contributed by atoms with Gasteiger partial charge in [0.2, 0.25) is 0 Å². The van der Waals surface area contributed by atoms with E-state index >= 15 is 0 Å². The van der Waals surface area contributed by atoms with E-state index in [0.717, 1.165) is 0 Å². The first-order chi connectivity index (χ1) is 4.31. The Labute approximate surface area is 54.5 Å². The van der Waals surface area contributed by atoms with Gasteiger partial charge < -0.3 is 10.5 Å². The Hall–Kier alpha value is -0.830. The molecule has 3 nitrogen and oxygen atoms in total. The molecular formula is C6H11NO2. The number of rotatable bonds is 3. The largest absolute Gasteiger partial charge is 0.461 e. The molecule has 2 N–H and O–H groups in total. The fourth-order valence-electron chi connectivity index (χ4n) is 0.344. The van der Waals surface area contributed by atoms with Crippen LogP contribution in [0.15, 0.2) is 12.2 Å². The summed E-state index contributed by atoms with van der Waals surface area (Å²) < 4.78 is 4.58. The molecule has 0 aliphatic rings. The molecule has 0 aromatic rings. The van der Waals surface area contributed by atoms with E-state index in [1.165, 1.54) is 6.08 Å². The highest BCUT2D eigenvalue weighted by Gasteiger charge is 1.91. The number of hydrogen-bond acceptors (Lipinski definition) is 3. The Morgan fingerprint density at radius 3 is 2.89 bits per heavy atom. The van der Waals surface area contributed by atoms with Crippen LogP contribution >= 0.6 is 0 Å². The number of ether oxygens (including phenoxy) is 1. The monoisotopic (exact) mass is 129 g/mol. The van der Waals surface area contributed by atoms with Crippen molar-refractivity contribution in [1.82, 2.24) is 0 Å². The topological polar surface area (TPSA) is 52.3 Å². The summed E-state index contributed by atoms with van der Waals surface area (Å²) >= 11 is 0. The second-order valence-electron chi connectivity index (χ2n) is 1.46. The van der Waals surface area contributed by atoms with Crippen LogP contribution in [0.4, 0.5) is 0 Å². The molecule has 52 valence electrons. The van der Waals surface area contributed by atoms with E-state index in [2.05, 4.69) is 4.74 Å². The van der Waals surface area contributed by atoms with Gasteiger partial charge >= 0.3 is 5.97 Å². The third-order valence-electron chi connectivity index (χ3n) is 0.665. The van der Waals surface area contributed by atoms with Gasteiger partial charge in [-0.15, -0.1) is 0 Å². The predicted octanol–water partition coefficient (Wildman–Crippen LogP) is 0.0644. The van der Waals surface area contributed by atoms with Crippen molar-refractivity contribution >= 4 is 5.97 Å². The molecule has 0 spiro atoms. The standard InChI is InChI=1S/C6H11NO2/c1-2-3-6(8)9-5-4-7/h2-3H,4-5,7H2,1H3. The zero-order valence-electron chi connectivity index (χ0n) is 5.46. The molecule has 0 aromatic heterocycles. The Kier molecular flexibility index (Phi) is 4.82.